The number of fused-ring (bicyclic) bond motifs is 2. The molecule has 0 spiro atoms. The molecule has 1 saturated heterocycles. The Labute approximate surface area is 217 Å². The molecule has 1 fully saturated rings. The number of rotatable bonds is 6. The zero-order chi connectivity index (χ0) is 25.6. The summed E-state index contributed by atoms with van der Waals surface area (Å²) in [5, 5.41) is 4.23. The van der Waals surface area contributed by atoms with E-state index >= 15 is 0 Å². The zero-order valence-corrected chi connectivity index (χ0v) is 20.8. The lowest BCUT2D eigenvalue weighted by atomic mass is 10.0. The van der Waals surface area contributed by atoms with Crippen LogP contribution in [0.5, 0.6) is 0 Å². The van der Waals surface area contributed by atoms with Crippen molar-refractivity contribution in [1.82, 2.24) is 19.7 Å². The number of imidazole rings is 1. The molecule has 3 heterocycles. The van der Waals surface area contributed by atoms with Crippen LogP contribution in [0.3, 0.4) is 0 Å². The van der Waals surface area contributed by atoms with Gasteiger partial charge in [-0.3, -0.25) is 9.52 Å². The molecule has 0 radical (unpaired) electrons. The van der Waals surface area contributed by atoms with Crippen LogP contribution >= 0.6 is 23.3 Å². The molecule has 0 aliphatic carbocycles. The number of nitrogens with zero attached hydrogens (tertiary/aromatic N) is 2. The fraction of sp³-hybridized carbons (Fsp3) is 0.192. The Kier molecular flexibility index (Phi) is 6.04. The number of hydrogen-bond acceptors (Lipinski definition) is 6. The summed E-state index contributed by atoms with van der Waals surface area (Å²) in [5.74, 6) is 0.552. The molecule has 6 rings (SSSR count). The number of aromatic nitrogens is 3. The number of benzene rings is 3. The van der Waals surface area contributed by atoms with Crippen LogP contribution in [0.25, 0.3) is 21.3 Å². The third-order valence-corrected chi connectivity index (χ3v) is 8.26. The van der Waals surface area contributed by atoms with E-state index in [1.165, 1.54) is 29.4 Å². The Morgan fingerprint density at radius 1 is 1.03 bits per heavy atom. The second-order valence-electron chi connectivity index (χ2n) is 8.82. The third kappa shape index (κ3) is 5.01. The molecule has 37 heavy (non-hydrogen) atoms. The topological polar surface area (TPSA) is 82.7 Å². The van der Waals surface area contributed by atoms with Crippen molar-refractivity contribution in [3.63, 3.8) is 0 Å². The summed E-state index contributed by atoms with van der Waals surface area (Å²) in [6, 6.07) is 19.0. The summed E-state index contributed by atoms with van der Waals surface area (Å²) < 4.78 is 43.5. The SMILES string of the molecule is O=C1C[C@H](c2ccc(C[C@H](Nc3nc4ccccc4s3)c3nc4ccc(C(F)(F)F)cc4[nH]3)cc2)SN1. The quantitative estimate of drug-likeness (QED) is 0.207. The molecule has 2 aromatic heterocycles. The smallest absolute Gasteiger partial charge is 0.351 e. The number of para-hydroxylation sites is 1. The minimum Gasteiger partial charge on any atom is -0.351 e. The van der Waals surface area contributed by atoms with Crippen molar-refractivity contribution < 1.29 is 18.0 Å². The van der Waals surface area contributed by atoms with E-state index in [0.29, 0.717) is 34.8 Å². The van der Waals surface area contributed by atoms with Crippen LogP contribution in [-0.4, -0.2) is 20.9 Å². The number of thiazole rings is 1. The Bertz CT molecular complexity index is 1560. The van der Waals surface area contributed by atoms with E-state index in [4.69, 9.17) is 0 Å². The van der Waals surface area contributed by atoms with E-state index in [-0.39, 0.29) is 17.2 Å². The third-order valence-electron chi connectivity index (χ3n) is 6.23. The highest BCUT2D eigenvalue weighted by Crippen LogP contribution is 2.36. The maximum absolute atomic E-state index is 13.2. The first-order chi connectivity index (χ1) is 17.8. The second-order valence-corrected chi connectivity index (χ2v) is 10.9. The molecule has 1 amide bonds. The molecule has 3 N–H and O–H groups in total. The molecule has 5 aromatic rings. The largest absolute Gasteiger partial charge is 0.416 e. The molecule has 6 nitrogen and oxygen atoms in total. The van der Waals surface area contributed by atoms with Gasteiger partial charge in [-0.1, -0.05) is 47.7 Å². The first kappa shape index (κ1) is 23.8. The van der Waals surface area contributed by atoms with Gasteiger partial charge >= 0.3 is 6.18 Å². The summed E-state index contributed by atoms with van der Waals surface area (Å²) in [7, 11) is 0. The standard InChI is InChI=1S/C26H20F3N5OS2/c27-26(28,29)16-9-10-17-19(12-16)31-24(30-17)20(33-25-32-18-3-1-2-4-21(18)36-25)11-14-5-7-15(8-6-14)22-13-23(35)34-37-22/h1-10,12,20,22H,11,13H2,(H,30,31)(H,32,33)(H,34,35)/t20-,22+/m0/s1. The molecule has 1 aliphatic rings. The van der Waals surface area contributed by atoms with Crippen molar-refractivity contribution in [1.29, 1.82) is 0 Å². The first-order valence-electron chi connectivity index (χ1n) is 11.5. The number of H-pyrrole nitrogens is 1. The van der Waals surface area contributed by atoms with Gasteiger partial charge in [-0.25, -0.2) is 9.97 Å². The van der Waals surface area contributed by atoms with Crippen LogP contribution in [0.15, 0.2) is 66.7 Å². The van der Waals surface area contributed by atoms with Gasteiger partial charge in [0.05, 0.1) is 38.1 Å². The maximum atomic E-state index is 13.2. The number of aromatic amines is 1. The highest BCUT2D eigenvalue weighted by molar-refractivity contribution is 7.98. The van der Waals surface area contributed by atoms with Gasteiger partial charge in [0.2, 0.25) is 5.91 Å². The van der Waals surface area contributed by atoms with Crippen molar-refractivity contribution in [3.05, 3.63) is 89.2 Å². The van der Waals surface area contributed by atoms with Crippen molar-refractivity contribution in [3.8, 4) is 0 Å². The second kappa shape index (κ2) is 9.38. The molecule has 188 valence electrons. The summed E-state index contributed by atoms with van der Waals surface area (Å²) in [5.41, 5.74) is 3.01. The average molecular weight is 540 g/mol. The number of carbonyl (C=O) groups excluding carboxylic acids is 1. The Morgan fingerprint density at radius 3 is 2.57 bits per heavy atom. The molecule has 1 aliphatic heterocycles. The van der Waals surface area contributed by atoms with E-state index < -0.39 is 11.7 Å². The van der Waals surface area contributed by atoms with Gasteiger partial charge in [0.1, 0.15) is 5.82 Å². The van der Waals surface area contributed by atoms with Crippen LogP contribution in [-0.2, 0) is 17.4 Å². The number of hydrogen-bond donors (Lipinski definition) is 3. The van der Waals surface area contributed by atoms with E-state index in [9.17, 15) is 18.0 Å². The van der Waals surface area contributed by atoms with Crippen LogP contribution in [0.4, 0.5) is 18.3 Å². The average Bonchev–Trinajstić information content (AvgIpc) is 3.60. The Balaban J connectivity index is 1.32. The normalized spacial score (nSPS) is 16.8. The lowest BCUT2D eigenvalue weighted by molar-refractivity contribution is -0.137. The van der Waals surface area contributed by atoms with Crippen LogP contribution in [0.1, 0.15) is 40.2 Å². The maximum Gasteiger partial charge on any atom is 0.416 e. The van der Waals surface area contributed by atoms with Crippen LogP contribution in [0, 0.1) is 0 Å². The lowest BCUT2D eigenvalue weighted by Gasteiger charge is -2.17. The number of carbonyl (C=O) groups is 1. The van der Waals surface area contributed by atoms with Crippen molar-refractivity contribution in [2.45, 2.75) is 30.3 Å². The van der Waals surface area contributed by atoms with Gasteiger partial charge in [0.15, 0.2) is 5.13 Å². The predicted molar refractivity (Wildman–Crippen MR) is 140 cm³/mol. The first-order valence-corrected chi connectivity index (χ1v) is 13.2. The molecular weight excluding hydrogens is 519 g/mol. The molecule has 0 bridgehead atoms. The van der Waals surface area contributed by atoms with Crippen molar-refractivity contribution in [2.24, 2.45) is 0 Å². The number of nitrogens with one attached hydrogen (secondary N) is 3. The van der Waals surface area contributed by atoms with Gasteiger partial charge in [0.25, 0.3) is 0 Å². The summed E-state index contributed by atoms with van der Waals surface area (Å²) in [4.78, 5) is 23.9. The van der Waals surface area contributed by atoms with E-state index in [1.807, 2.05) is 48.5 Å². The van der Waals surface area contributed by atoms with Gasteiger partial charge in [-0.05, 0) is 59.8 Å². The lowest BCUT2D eigenvalue weighted by Crippen LogP contribution is -2.15. The van der Waals surface area contributed by atoms with Crippen LogP contribution in [0.2, 0.25) is 0 Å². The van der Waals surface area contributed by atoms with Crippen LogP contribution < -0.4 is 10.0 Å². The van der Waals surface area contributed by atoms with Gasteiger partial charge in [-0.2, -0.15) is 13.2 Å². The fourth-order valence-corrected chi connectivity index (χ4v) is 6.15. The number of halogens is 3. The summed E-state index contributed by atoms with van der Waals surface area (Å²) in [6.45, 7) is 0. The molecular formula is C26H20F3N5OS2. The molecule has 3 aromatic carbocycles. The molecule has 11 heteroatoms. The van der Waals surface area contributed by atoms with E-state index in [1.54, 1.807) is 0 Å². The predicted octanol–water partition coefficient (Wildman–Crippen LogP) is 6.80. The number of anilines is 1. The summed E-state index contributed by atoms with van der Waals surface area (Å²) >= 11 is 2.92. The van der Waals surface area contributed by atoms with Gasteiger partial charge < -0.3 is 10.3 Å². The highest BCUT2D eigenvalue weighted by Gasteiger charge is 2.31. The van der Waals surface area contributed by atoms with E-state index in [0.717, 1.165) is 33.5 Å². The number of alkyl halides is 3. The van der Waals surface area contributed by atoms with E-state index in [2.05, 4.69) is 25.0 Å². The van der Waals surface area contributed by atoms with Gasteiger partial charge in [-0.15, -0.1) is 0 Å². The molecule has 0 saturated carbocycles. The zero-order valence-electron chi connectivity index (χ0n) is 19.2. The number of amides is 1. The summed E-state index contributed by atoms with van der Waals surface area (Å²) in [6.07, 6.45) is -3.46. The van der Waals surface area contributed by atoms with Crippen molar-refractivity contribution >= 4 is 55.6 Å². The minimum absolute atomic E-state index is 0.0257. The monoisotopic (exact) mass is 539 g/mol. The minimum atomic E-state index is -4.43. The van der Waals surface area contributed by atoms with Gasteiger partial charge in [0, 0.05) is 6.42 Å². The Morgan fingerprint density at radius 2 is 1.84 bits per heavy atom. The van der Waals surface area contributed by atoms with Crippen molar-refractivity contribution in [2.75, 3.05) is 5.32 Å². The molecule has 0 unspecified atom stereocenters. The molecule has 2 atom stereocenters. The Hall–Kier alpha value is -3.57. The fourth-order valence-electron chi connectivity index (χ4n) is 4.35. The highest BCUT2D eigenvalue weighted by atomic mass is 32.2.